The second-order valence-corrected chi connectivity index (χ2v) is 6.57. The van der Waals surface area contributed by atoms with E-state index < -0.39 is 0 Å². The molecule has 0 bridgehead atoms. The summed E-state index contributed by atoms with van der Waals surface area (Å²) in [5, 5.41) is 3.48. The Balaban J connectivity index is 1.51. The summed E-state index contributed by atoms with van der Waals surface area (Å²) in [6.07, 6.45) is 2.19. The Hall–Kier alpha value is -1.88. The van der Waals surface area contributed by atoms with Gasteiger partial charge in [0, 0.05) is 30.3 Å². The van der Waals surface area contributed by atoms with Crippen molar-refractivity contribution in [3.63, 3.8) is 0 Å². The van der Waals surface area contributed by atoms with Crippen LogP contribution in [-0.2, 0) is 22.6 Å². The summed E-state index contributed by atoms with van der Waals surface area (Å²) in [6, 6.07) is 15.0. The van der Waals surface area contributed by atoms with Crippen molar-refractivity contribution in [3.8, 4) is 0 Å². The van der Waals surface area contributed by atoms with Gasteiger partial charge in [0.1, 0.15) is 0 Å². The van der Waals surface area contributed by atoms with Crippen molar-refractivity contribution in [2.24, 2.45) is 0 Å². The molecule has 0 atom stereocenters. The van der Waals surface area contributed by atoms with Gasteiger partial charge in [0.05, 0.1) is 12.7 Å². The lowest BCUT2D eigenvalue weighted by Gasteiger charge is -2.22. The molecular weight excluding hydrogens is 338 g/mol. The van der Waals surface area contributed by atoms with Crippen LogP contribution in [0.15, 0.2) is 48.5 Å². The Morgan fingerprint density at radius 2 is 1.88 bits per heavy atom. The SMILES string of the molecule is O=C(NCc1cccc(COC2CCOCC2)c1)c1cccc(Cl)c1. The van der Waals surface area contributed by atoms with Crippen molar-refractivity contribution in [1.29, 1.82) is 0 Å². The van der Waals surface area contributed by atoms with Crippen molar-refractivity contribution in [2.75, 3.05) is 13.2 Å². The van der Waals surface area contributed by atoms with Gasteiger partial charge in [-0.3, -0.25) is 4.79 Å². The number of halogens is 1. The number of carbonyl (C=O) groups is 1. The zero-order valence-electron chi connectivity index (χ0n) is 14.0. The summed E-state index contributed by atoms with van der Waals surface area (Å²) in [7, 11) is 0. The molecule has 0 saturated carbocycles. The molecule has 0 radical (unpaired) electrons. The quantitative estimate of drug-likeness (QED) is 0.849. The first-order chi connectivity index (χ1) is 12.2. The maximum absolute atomic E-state index is 12.2. The number of hydrogen-bond donors (Lipinski definition) is 1. The van der Waals surface area contributed by atoms with Crippen molar-refractivity contribution < 1.29 is 14.3 Å². The molecule has 1 aliphatic rings. The molecule has 1 heterocycles. The Morgan fingerprint density at radius 1 is 1.12 bits per heavy atom. The van der Waals surface area contributed by atoms with Crippen LogP contribution in [0.4, 0.5) is 0 Å². The Kier molecular flexibility index (Phi) is 6.45. The number of carbonyl (C=O) groups excluding carboxylic acids is 1. The fourth-order valence-corrected chi connectivity index (χ4v) is 2.99. The van der Waals surface area contributed by atoms with E-state index in [0.717, 1.165) is 37.2 Å². The Morgan fingerprint density at radius 3 is 2.68 bits per heavy atom. The number of benzene rings is 2. The van der Waals surface area contributed by atoms with E-state index in [4.69, 9.17) is 21.1 Å². The minimum atomic E-state index is -0.133. The first kappa shape index (κ1) is 17.9. The van der Waals surface area contributed by atoms with Crippen LogP contribution in [0.25, 0.3) is 0 Å². The highest BCUT2D eigenvalue weighted by molar-refractivity contribution is 6.30. The summed E-state index contributed by atoms with van der Waals surface area (Å²) in [4.78, 5) is 12.2. The van der Waals surface area contributed by atoms with Crippen molar-refractivity contribution in [2.45, 2.75) is 32.1 Å². The second kappa shape index (κ2) is 8.99. The first-order valence-electron chi connectivity index (χ1n) is 8.51. The third-order valence-electron chi connectivity index (χ3n) is 4.19. The molecule has 0 aromatic heterocycles. The molecule has 2 aromatic carbocycles. The first-order valence-corrected chi connectivity index (χ1v) is 8.89. The molecule has 4 nitrogen and oxygen atoms in total. The van der Waals surface area contributed by atoms with Gasteiger partial charge in [0.25, 0.3) is 5.91 Å². The van der Waals surface area contributed by atoms with Crippen LogP contribution in [-0.4, -0.2) is 25.2 Å². The van der Waals surface area contributed by atoms with Crippen LogP contribution in [0.1, 0.15) is 34.3 Å². The average molecular weight is 360 g/mol. The highest BCUT2D eigenvalue weighted by Gasteiger charge is 2.14. The van der Waals surface area contributed by atoms with E-state index in [0.29, 0.717) is 23.7 Å². The van der Waals surface area contributed by atoms with E-state index in [1.54, 1.807) is 24.3 Å². The summed E-state index contributed by atoms with van der Waals surface area (Å²) in [5.41, 5.74) is 2.72. The maximum atomic E-state index is 12.2. The van der Waals surface area contributed by atoms with Crippen molar-refractivity contribution in [3.05, 3.63) is 70.2 Å². The molecule has 0 unspecified atom stereocenters. The van der Waals surface area contributed by atoms with Crippen LogP contribution in [0.2, 0.25) is 5.02 Å². The molecule has 1 amide bonds. The second-order valence-electron chi connectivity index (χ2n) is 6.14. The van der Waals surface area contributed by atoms with E-state index in [2.05, 4.69) is 11.4 Å². The summed E-state index contributed by atoms with van der Waals surface area (Å²) in [5.74, 6) is -0.133. The minimum absolute atomic E-state index is 0.133. The lowest BCUT2D eigenvalue weighted by atomic mass is 10.1. The molecule has 1 N–H and O–H groups in total. The smallest absolute Gasteiger partial charge is 0.251 e. The molecule has 1 saturated heterocycles. The largest absolute Gasteiger partial charge is 0.381 e. The van der Waals surface area contributed by atoms with Gasteiger partial charge in [-0.2, -0.15) is 0 Å². The van der Waals surface area contributed by atoms with E-state index in [1.165, 1.54) is 0 Å². The number of rotatable bonds is 6. The van der Waals surface area contributed by atoms with E-state index >= 15 is 0 Å². The number of ether oxygens (including phenoxy) is 2. The minimum Gasteiger partial charge on any atom is -0.381 e. The molecule has 1 fully saturated rings. The van der Waals surface area contributed by atoms with Gasteiger partial charge in [-0.25, -0.2) is 0 Å². The van der Waals surface area contributed by atoms with E-state index in [9.17, 15) is 4.79 Å². The molecule has 2 aromatic rings. The van der Waals surface area contributed by atoms with Crippen LogP contribution in [0.3, 0.4) is 0 Å². The Bertz CT molecular complexity index is 714. The highest BCUT2D eigenvalue weighted by Crippen LogP contribution is 2.15. The summed E-state index contributed by atoms with van der Waals surface area (Å²) >= 11 is 5.92. The van der Waals surface area contributed by atoms with Crippen molar-refractivity contribution in [1.82, 2.24) is 5.32 Å². The predicted octanol–water partition coefficient (Wildman–Crippen LogP) is 3.97. The molecule has 0 aliphatic carbocycles. The molecule has 25 heavy (non-hydrogen) atoms. The monoisotopic (exact) mass is 359 g/mol. The van der Waals surface area contributed by atoms with Crippen LogP contribution < -0.4 is 5.32 Å². The van der Waals surface area contributed by atoms with Crippen LogP contribution in [0, 0.1) is 0 Å². The standard InChI is InChI=1S/C20H22ClNO3/c21-18-6-2-5-17(12-18)20(23)22-13-15-3-1-4-16(11-15)14-25-19-7-9-24-10-8-19/h1-6,11-12,19H,7-10,13-14H2,(H,22,23). The van der Waals surface area contributed by atoms with Gasteiger partial charge in [-0.1, -0.05) is 41.9 Å². The van der Waals surface area contributed by atoms with Gasteiger partial charge in [0.15, 0.2) is 0 Å². The number of nitrogens with one attached hydrogen (secondary N) is 1. The van der Waals surface area contributed by atoms with Gasteiger partial charge in [0.2, 0.25) is 0 Å². The maximum Gasteiger partial charge on any atom is 0.251 e. The van der Waals surface area contributed by atoms with Gasteiger partial charge in [-0.05, 0) is 42.2 Å². The van der Waals surface area contributed by atoms with Gasteiger partial charge < -0.3 is 14.8 Å². The third kappa shape index (κ3) is 5.56. The number of amides is 1. The zero-order valence-corrected chi connectivity index (χ0v) is 14.8. The van der Waals surface area contributed by atoms with Gasteiger partial charge >= 0.3 is 0 Å². The molecule has 1 aliphatic heterocycles. The van der Waals surface area contributed by atoms with Crippen molar-refractivity contribution >= 4 is 17.5 Å². The summed E-state index contributed by atoms with van der Waals surface area (Å²) in [6.45, 7) is 2.61. The topological polar surface area (TPSA) is 47.6 Å². The molecule has 3 rings (SSSR count). The fourth-order valence-electron chi connectivity index (χ4n) is 2.80. The number of hydrogen-bond acceptors (Lipinski definition) is 3. The molecule has 5 heteroatoms. The normalized spacial score (nSPS) is 15.1. The molecular formula is C20H22ClNO3. The lowest BCUT2D eigenvalue weighted by molar-refractivity contribution is -0.0390. The highest BCUT2D eigenvalue weighted by atomic mass is 35.5. The molecule has 132 valence electrons. The van der Waals surface area contributed by atoms with E-state index in [-0.39, 0.29) is 12.0 Å². The lowest BCUT2D eigenvalue weighted by Crippen LogP contribution is -2.23. The van der Waals surface area contributed by atoms with Crippen LogP contribution >= 0.6 is 11.6 Å². The zero-order chi connectivity index (χ0) is 17.5. The third-order valence-corrected chi connectivity index (χ3v) is 4.42. The van der Waals surface area contributed by atoms with E-state index in [1.807, 2.05) is 18.2 Å². The van der Waals surface area contributed by atoms with Crippen LogP contribution in [0.5, 0.6) is 0 Å². The van der Waals surface area contributed by atoms with Gasteiger partial charge in [-0.15, -0.1) is 0 Å². The Labute approximate surface area is 153 Å². The fraction of sp³-hybridized carbons (Fsp3) is 0.350. The summed E-state index contributed by atoms with van der Waals surface area (Å²) < 4.78 is 11.3. The average Bonchev–Trinajstić information content (AvgIpc) is 2.66. The predicted molar refractivity (Wildman–Crippen MR) is 97.7 cm³/mol. The molecule has 0 spiro atoms.